The number of hydrogen-bond donors (Lipinski definition) is 0. The molecule has 0 aliphatic rings. The molecule has 0 saturated carbocycles. The monoisotopic (exact) mass is 460 g/mol. The van der Waals surface area contributed by atoms with Crippen LogP contribution in [-0.4, -0.2) is 18.5 Å². The van der Waals surface area contributed by atoms with Crippen LogP contribution < -0.4 is 4.68 Å². The summed E-state index contributed by atoms with van der Waals surface area (Å²) in [4.78, 5) is 4.18. The van der Waals surface area contributed by atoms with Crippen molar-refractivity contribution in [3.8, 4) is 22.4 Å². The third-order valence-electron chi connectivity index (χ3n) is 5.21. The predicted molar refractivity (Wildman–Crippen MR) is 117 cm³/mol. The van der Waals surface area contributed by atoms with Crippen molar-refractivity contribution in [3.63, 3.8) is 0 Å². The van der Waals surface area contributed by atoms with Gasteiger partial charge < -0.3 is 0 Å². The van der Waals surface area contributed by atoms with Crippen LogP contribution in [0.1, 0.15) is 5.56 Å². The summed E-state index contributed by atoms with van der Waals surface area (Å²) in [5, 5.41) is 9.17. The van der Waals surface area contributed by atoms with Gasteiger partial charge in [0, 0.05) is 46.2 Å². The van der Waals surface area contributed by atoms with Crippen LogP contribution in [-0.2, 0) is 39.8 Å². The van der Waals surface area contributed by atoms with Gasteiger partial charge in [-0.25, -0.2) is 10.5 Å². The smallest absolute Gasteiger partial charge is 0.193 e. The van der Waals surface area contributed by atoms with E-state index >= 15 is 0 Å². The standard InChI is InChI=1S/C25H18N3.B.Y/c1-17-7-8-20(14-24(17)25-15-26-16-27-28(25)2)19-11-12-23-21(13-19)10-9-18-5-3-4-6-22(18)23;;/h3-10,12-13,15-16H,1-2H3;;/q-1;;. The summed E-state index contributed by atoms with van der Waals surface area (Å²) < 4.78 is 1.83. The minimum absolute atomic E-state index is 0. The van der Waals surface area contributed by atoms with Crippen LogP contribution in [0.5, 0.6) is 0 Å². The van der Waals surface area contributed by atoms with Crippen LogP contribution in [0.25, 0.3) is 43.9 Å². The Morgan fingerprint density at radius 1 is 0.900 bits per heavy atom. The summed E-state index contributed by atoms with van der Waals surface area (Å²) in [6.45, 7) is 2.08. The minimum Gasteiger partial charge on any atom is -0.240 e. The molecule has 5 rings (SSSR count). The molecule has 3 nitrogen and oxygen atoms in total. The first-order valence-corrected chi connectivity index (χ1v) is 9.24. The summed E-state index contributed by atoms with van der Waals surface area (Å²) in [5.41, 5.74) is 5.13. The molecule has 0 saturated heterocycles. The molecule has 0 amide bonds. The van der Waals surface area contributed by atoms with Crippen molar-refractivity contribution >= 4 is 30.0 Å². The number of rotatable bonds is 2. The second-order valence-electron chi connectivity index (χ2n) is 6.98. The summed E-state index contributed by atoms with van der Waals surface area (Å²) in [5.74, 6) is 0. The van der Waals surface area contributed by atoms with Gasteiger partial charge in [-0.3, -0.25) is 0 Å². The zero-order chi connectivity index (χ0) is 19.1. The molecule has 4 radical (unpaired) electrons. The van der Waals surface area contributed by atoms with Crippen molar-refractivity contribution in [2.75, 3.05) is 0 Å². The molecule has 0 atom stereocenters. The molecule has 0 unspecified atom stereocenters. The first kappa shape index (κ1) is 22.3. The van der Waals surface area contributed by atoms with Crippen molar-refractivity contribution in [1.82, 2.24) is 10.1 Å². The van der Waals surface area contributed by atoms with Gasteiger partial charge >= 0.3 is 0 Å². The van der Waals surface area contributed by atoms with Crippen LogP contribution >= 0.6 is 0 Å². The predicted octanol–water partition coefficient (Wildman–Crippen LogP) is 4.47. The Bertz CT molecular complexity index is 1350. The molecule has 1 heterocycles. The van der Waals surface area contributed by atoms with Gasteiger partial charge in [0.25, 0.3) is 0 Å². The Hall–Kier alpha value is -2.42. The van der Waals surface area contributed by atoms with Gasteiger partial charge in [0.05, 0.1) is 6.20 Å². The Labute approximate surface area is 203 Å². The van der Waals surface area contributed by atoms with Crippen molar-refractivity contribution in [3.05, 3.63) is 90.9 Å². The van der Waals surface area contributed by atoms with Crippen molar-refractivity contribution < 1.29 is 37.4 Å². The first-order chi connectivity index (χ1) is 13.7. The summed E-state index contributed by atoms with van der Waals surface area (Å²) in [6, 6.07) is 28.3. The van der Waals surface area contributed by atoms with E-state index in [1.54, 1.807) is 6.33 Å². The Morgan fingerprint density at radius 3 is 2.53 bits per heavy atom. The van der Waals surface area contributed by atoms with Crippen molar-refractivity contribution in [1.29, 1.82) is 0 Å². The molecular weight excluding hydrogens is 442 g/mol. The second kappa shape index (κ2) is 9.16. The zero-order valence-electron chi connectivity index (χ0n) is 16.9. The van der Waals surface area contributed by atoms with E-state index in [4.69, 9.17) is 0 Å². The Morgan fingerprint density at radius 2 is 1.70 bits per heavy atom. The van der Waals surface area contributed by atoms with E-state index in [1.807, 2.05) is 17.9 Å². The van der Waals surface area contributed by atoms with Crippen LogP contribution in [0.2, 0.25) is 0 Å². The maximum Gasteiger partial charge on any atom is 0.193 e. The van der Waals surface area contributed by atoms with Crippen LogP contribution in [0.15, 0.2) is 73.2 Å². The summed E-state index contributed by atoms with van der Waals surface area (Å²) in [6.07, 6.45) is 3.37. The van der Waals surface area contributed by atoms with Gasteiger partial charge in [-0.1, -0.05) is 59.7 Å². The van der Waals surface area contributed by atoms with Gasteiger partial charge in [0.15, 0.2) is 19.1 Å². The average Bonchev–Trinajstić information content (AvgIpc) is 2.74. The van der Waals surface area contributed by atoms with Gasteiger partial charge in [-0.05, 0) is 5.39 Å². The van der Waals surface area contributed by atoms with Crippen molar-refractivity contribution in [2.24, 2.45) is 7.05 Å². The molecule has 0 fully saturated rings. The number of nitrogens with zero attached hydrogens (tertiary/aromatic N) is 3. The quantitative estimate of drug-likeness (QED) is 0.169. The molecule has 0 aliphatic carbocycles. The molecule has 140 valence electrons. The molecule has 1 aromatic heterocycles. The molecule has 4 aromatic carbocycles. The van der Waals surface area contributed by atoms with E-state index in [2.05, 4.69) is 89.8 Å². The zero-order valence-corrected chi connectivity index (χ0v) is 19.8. The van der Waals surface area contributed by atoms with E-state index in [-0.39, 0.29) is 41.1 Å². The first-order valence-electron chi connectivity index (χ1n) is 9.24. The van der Waals surface area contributed by atoms with E-state index in [0.29, 0.717) is 0 Å². The summed E-state index contributed by atoms with van der Waals surface area (Å²) in [7, 11) is 1.92. The van der Waals surface area contributed by atoms with Crippen LogP contribution in [0, 0.1) is 19.1 Å². The number of benzene rings is 4. The van der Waals surface area contributed by atoms with E-state index < -0.39 is 0 Å². The summed E-state index contributed by atoms with van der Waals surface area (Å²) >= 11 is 0. The molecule has 0 spiro atoms. The maximum atomic E-state index is 4.25. The van der Waals surface area contributed by atoms with Crippen LogP contribution in [0.3, 0.4) is 0 Å². The number of fused-ring (bicyclic) bond motifs is 3. The molecule has 5 aromatic rings. The Balaban J connectivity index is 0.00000128. The fourth-order valence-electron chi connectivity index (χ4n) is 3.68. The van der Waals surface area contributed by atoms with Gasteiger partial charge in [-0.2, -0.15) is 29.8 Å². The topological polar surface area (TPSA) is 29.7 Å². The fourth-order valence-corrected chi connectivity index (χ4v) is 3.68. The normalized spacial score (nSPS) is 10.5. The van der Waals surface area contributed by atoms with E-state index in [0.717, 1.165) is 27.9 Å². The molecule has 5 heteroatoms. The van der Waals surface area contributed by atoms with Crippen molar-refractivity contribution in [2.45, 2.75) is 6.92 Å². The largest absolute Gasteiger partial charge is 0.240 e. The third kappa shape index (κ3) is 3.95. The molecule has 0 bridgehead atoms. The van der Waals surface area contributed by atoms with E-state index in [9.17, 15) is 0 Å². The number of aromatic nitrogens is 3. The number of hydrogen-bond acceptors (Lipinski definition) is 2. The molecule has 30 heavy (non-hydrogen) atoms. The second-order valence-corrected chi connectivity index (χ2v) is 6.98. The SMILES string of the molecule is Cc1ccc(-c2[c-]cc3c(ccc4ccccc43)c2)[c-]c1-c1cncn[n+]1C.[B].[Y]. The third-order valence-corrected chi connectivity index (χ3v) is 5.21. The molecule has 0 N–H and O–H groups in total. The molecular formula is C25H18BN3Y-. The average molecular weight is 460 g/mol. The van der Waals surface area contributed by atoms with Gasteiger partial charge in [0.1, 0.15) is 0 Å². The minimum atomic E-state index is 0. The Kier molecular flexibility index (Phi) is 6.80. The number of aryl methyl sites for hydroxylation is 2. The van der Waals surface area contributed by atoms with Gasteiger partial charge in [-0.15, -0.1) is 27.8 Å². The molecule has 0 aliphatic heterocycles. The van der Waals surface area contributed by atoms with Crippen LogP contribution in [0.4, 0.5) is 0 Å². The van der Waals surface area contributed by atoms with E-state index in [1.165, 1.54) is 21.5 Å². The van der Waals surface area contributed by atoms with Gasteiger partial charge in [0.2, 0.25) is 0 Å². The fraction of sp³-hybridized carbons (Fsp3) is 0.0800. The maximum absolute atomic E-state index is 4.25.